The van der Waals surface area contributed by atoms with Crippen molar-refractivity contribution in [2.24, 2.45) is 5.92 Å². The van der Waals surface area contributed by atoms with Crippen LogP contribution in [0.2, 0.25) is 0 Å². The molecule has 2 amide bonds. The molecule has 3 heterocycles. The zero-order chi connectivity index (χ0) is 23.3. The van der Waals surface area contributed by atoms with Gasteiger partial charge in [-0.2, -0.15) is 0 Å². The molecule has 1 fully saturated rings. The van der Waals surface area contributed by atoms with E-state index in [1.165, 1.54) is 23.1 Å². The van der Waals surface area contributed by atoms with Crippen LogP contribution in [-0.2, 0) is 11.3 Å². The van der Waals surface area contributed by atoms with Crippen LogP contribution in [0.4, 0.5) is 10.8 Å². The van der Waals surface area contributed by atoms with Crippen LogP contribution in [0.1, 0.15) is 28.8 Å². The van der Waals surface area contributed by atoms with Crippen molar-refractivity contribution in [3.63, 3.8) is 0 Å². The Labute approximate surface area is 201 Å². The average molecular weight is 472 g/mol. The van der Waals surface area contributed by atoms with Crippen LogP contribution >= 0.6 is 11.3 Å². The van der Waals surface area contributed by atoms with E-state index < -0.39 is 0 Å². The molecule has 172 valence electrons. The SMILES string of the molecule is O=C(Nc1nc2ccc(NC(=O)C3CCN(Cc4ccccc4)CC3)cc2s1)c1cccnc1. The van der Waals surface area contributed by atoms with E-state index in [1.807, 2.05) is 24.3 Å². The standard InChI is InChI=1S/C26H25N5O2S/c32-24(19-10-13-31(14-11-19)17-18-5-2-1-3-6-18)28-21-8-9-22-23(15-21)34-26(29-22)30-25(33)20-7-4-12-27-16-20/h1-9,12,15-16,19H,10-11,13-14,17H2,(H,28,32)(H,29,30,33). The molecule has 1 aliphatic heterocycles. The number of carbonyl (C=O) groups is 2. The number of fused-ring (bicyclic) bond motifs is 1. The summed E-state index contributed by atoms with van der Waals surface area (Å²) in [6.07, 6.45) is 4.85. The number of pyridine rings is 1. The first-order valence-electron chi connectivity index (χ1n) is 11.3. The van der Waals surface area contributed by atoms with Crippen LogP contribution in [0.15, 0.2) is 73.1 Å². The van der Waals surface area contributed by atoms with Crippen molar-refractivity contribution in [2.45, 2.75) is 19.4 Å². The summed E-state index contributed by atoms with van der Waals surface area (Å²) in [5.41, 5.74) is 3.31. The van der Waals surface area contributed by atoms with E-state index in [1.54, 1.807) is 18.3 Å². The Balaban J connectivity index is 1.17. The number of amides is 2. The third-order valence-electron chi connectivity index (χ3n) is 6.01. The number of thiazole rings is 1. The Morgan fingerprint density at radius 3 is 2.59 bits per heavy atom. The average Bonchev–Trinajstić information content (AvgIpc) is 3.27. The van der Waals surface area contributed by atoms with Crippen LogP contribution < -0.4 is 10.6 Å². The predicted octanol–water partition coefficient (Wildman–Crippen LogP) is 4.79. The molecule has 34 heavy (non-hydrogen) atoms. The van der Waals surface area contributed by atoms with Crippen molar-refractivity contribution in [3.8, 4) is 0 Å². The van der Waals surface area contributed by atoms with Crippen LogP contribution in [0.3, 0.4) is 0 Å². The number of aromatic nitrogens is 2. The number of rotatable bonds is 6. The number of hydrogen-bond donors (Lipinski definition) is 2. The van der Waals surface area contributed by atoms with Crippen molar-refractivity contribution in [2.75, 3.05) is 23.7 Å². The molecular weight excluding hydrogens is 446 g/mol. The molecule has 0 bridgehead atoms. The molecule has 2 aromatic carbocycles. The van der Waals surface area contributed by atoms with Gasteiger partial charge < -0.3 is 5.32 Å². The van der Waals surface area contributed by atoms with Crippen molar-refractivity contribution in [1.82, 2.24) is 14.9 Å². The normalized spacial score (nSPS) is 14.7. The molecule has 8 heteroatoms. The lowest BCUT2D eigenvalue weighted by atomic mass is 9.95. The fourth-order valence-corrected chi connectivity index (χ4v) is 5.06. The summed E-state index contributed by atoms with van der Waals surface area (Å²) < 4.78 is 0.900. The van der Waals surface area contributed by atoms with Crippen molar-refractivity contribution in [3.05, 3.63) is 84.2 Å². The van der Waals surface area contributed by atoms with Crippen LogP contribution in [0, 0.1) is 5.92 Å². The summed E-state index contributed by atoms with van der Waals surface area (Å²) in [6, 6.07) is 19.5. The minimum absolute atomic E-state index is 0.0125. The van der Waals surface area contributed by atoms with E-state index in [4.69, 9.17) is 0 Å². The van der Waals surface area contributed by atoms with E-state index in [-0.39, 0.29) is 17.7 Å². The van der Waals surface area contributed by atoms with Gasteiger partial charge in [-0.3, -0.25) is 24.8 Å². The molecule has 0 aliphatic carbocycles. The minimum Gasteiger partial charge on any atom is -0.326 e. The van der Waals surface area contributed by atoms with Crippen molar-refractivity contribution in [1.29, 1.82) is 0 Å². The van der Waals surface area contributed by atoms with E-state index in [9.17, 15) is 9.59 Å². The molecule has 5 rings (SSSR count). The Hall–Kier alpha value is -3.62. The topological polar surface area (TPSA) is 87.2 Å². The largest absolute Gasteiger partial charge is 0.326 e. The molecular formula is C26H25N5O2S. The highest BCUT2D eigenvalue weighted by Gasteiger charge is 2.25. The van der Waals surface area contributed by atoms with Gasteiger partial charge in [-0.15, -0.1) is 0 Å². The van der Waals surface area contributed by atoms with E-state index in [0.29, 0.717) is 10.7 Å². The number of anilines is 2. The quantitative estimate of drug-likeness (QED) is 0.422. The zero-order valence-corrected chi connectivity index (χ0v) is 19.4. The fraction of sp³-hybridized carbons (Fsp3) is 0.231. The summed E-state index contributed by atoms with van der Waals surface area (Å²) >= 11 is 1.38. The van der Waals surface area contributed by atoms with Gasteiger partial charge in [0.15, 0.2) is 5.13 Å². The first-order chi connectivity index (χ1) is 16.6. The summed E-state index contributed by atoms with van der Waals surface area (Å²) in [5, 5.41) is 6.40. The number of nitrogens with one attached hydrogen (secondary N) is 2. The summed E-state index contributed by atoms with van der Waals surface area (Å²) in [7, 11) is 0. The molecule has 4 aromatic rings. The molecule has 0 saturated carbocycles. The molecule has 0 spiro atoms. The molecule has 1 aliphatic rings. The second-order valence-electron chi connectivity index (χ2n) is 8.42. The smallest absolute Gasteiger partial charge is 0.259 e. The number of hydrogen-bond acceptors (Lipinski definition) is 6. The van der Waals surface area contributed by atoms with Gasteiger partial charge in [0.05, 0.1) is 15.8 Å². The van der Waals surface area contributed by atoms with E-state index in [2.05, 4.69) is 49.8 Å². The molecule has 2 aromatic heterocycles. The van der Waals surface area contributed by atoms with Gasteiger partial charge in [0, 0.05) is 30.5 Å². The third-order valence-corrected chi connectivity index (χ3v) is 6.94. The summed E-state index contributed by atoms with van der Waals surface area (Å²) in [6.45, 7) is 2.76. The lowest BCUT2D eigenvalue weighted by molar-refractivity contribution is -0.121. The summed E-state index contributed by atoms with van der Waals surface area (Å²) in [5.74, 6) is -0.175. The number of piperidine rings is 1. The minimum atomic E-state index is -0.251. The molecule has 0 atom stereocenters. The molecule has 1 saturated heterocycles. The molecule has 7 nitrogen and oxygen atoms in total. The zero-order valence-electron chi connectivity index (χ0n) is 18.6. The molecule has 0 radical (unpaired) electrons. The maximum atomic E-state index is 12.9. The number of likely N-dealkylation sites (tertiary alicyclic amines) is 1. The number of carbonyl (C=O) groups excluding carboxylic acids is 2. The Morgan fingerprint density at radius 1 is 1.00 bits per heavy atom. The summed E-state index contributed by atoms with van der Waals surface area (Å²) in [4.78, 5) is 36.1. The van der Waals surface area contributed by atoms with Gasteiger partial charge in [-0.05, 0) is 61.8 Å². The van der Waals surface area contributed by atoms with Gasteiger partial charge in [0.25, 0.3) is 5.91 Å². The Bertz CT molecular complexity index is 1280. The first kappa shape index (κ1) is 22.2. The highest BCUT2D eigenvalue weighted by Crippen LogP contribution is 2.29. The van der Waals surface area contributed by atoms with E-state index in [0.717, 1.165) is 48.4 Å². The van der Waals surface area contributed by atoms with Crippen molar-refractivity contribution < 1.29 is 9.59 Å². The number of nitrogens with zero attached hydrogens (tertiary/aromatic N) is 3. The lowest BCUT2D eigenvalue weighted by Gasteiger charge is -2.31. The van der Waals surface area contributed by atoms with Gasteiger partial charge >= 0.3 is 0 Å². The Morgan fingerprint density at radius 2 is 1.82 bits per heavy atom. The maximum Gasteiger partial charge on any atom is 0.259 e. The highest BCUT2D eigenvalue weighted by atomic mass is 32.1. The van der Waals surface area contributed by atoms with Crippen LogP contribution in [-0.4, -0.2) is 39.8 Å². The molecule has 2 N–H and O–H groups in total. The first-order valence-corrected chi connectivity index (χ1v) is 12.1. The maximum absolute atomic E-state index is 12.9. The monoisotopic (exact) mass is 471 g/mol. The third kappa shape index (κ3) is 5.30. The van der Waals surface area contributed by atoms with Gasteiger partial charge in [0.2, 0.25) is 5.91 Å². The van der Waals surface area contributed by atoms with Gasteiger partial charge in [-0.25, -0.2) is 4.98 Å². The van der Waals surface area contributed by atoms with E-state index >= 15 is 0 Å². The predicted molar refractivity (Wildman–Crippen MR) is 135 cm³/mol. The second kappa shape index (κ2) is 10.1. The van der Waals surface area contributed by atoms with Crippen molar-refractivity contribution >= 4 is 44.2 Å². The van der Waals surface area contributed by atoms with Gasteiger partial charge in [-0.1, -0.05) is 41.7 Å². The van der Waals surface area contributed by atoms with Gasteiger partial charge in [0.1, 0.15) is 0 Å². The Kier molecular flexibility index (Phi) is 6.60. The second-order valence-corrected chi connectivity index (χ2v) is 9.45. The highest BCUT2D eigenvalue weighted by molar-refractivity contribution is 7.22. The fourth-order valence-electron chi connectivity index (χ4n) is 4.16. The van der Waals surface area contributed by atoms with Crippen LogP contribution in [0.5, 0.6) is 0 Å². The lowest BCUT2D eigenvalue weighted by Crippen LogP contribution is -2.37. The molecule has 0 unspecified atom stereocenters. The van der Waals surface area contributed by atoms with Crippen LogP contribution in [0.25, 0.3) is 10.2 Å². The number of benzene rings is 2.